The molecule has 0 heterocycles. The molecular formula is C25H35N3O4. The number of hydrogen-bond donors (Lipinski definition) is 3. The average Bonchev–Trinajstić information content (AvgIpc) is 2.76. The monoisotopic (exact) mass is 441 g/mol. The molecule has 0 radical (unpaired) electrons. The second-order valence-corrected chi connectivity index (χ2v) is 8.66. The molecule has 0 saturated heterocycles. The molecule has 174 valence electrons. The van der Waals surface area contributed by atoms with Crippen LogP contribution in [0, 0.1) is 0 Å². The summed E-state index contributed by atoms with van der Waals surface area (Å²) in [6.07, 6.45) is 2.00. The number of hydroxylamine groups is 1. The van der Waals surface area contributed by atoms with Crippen molar-refractivity contribution >= 4 is 12.0 Å². The summed E-state index contributed by atoms with van der Waals surface area (Å²) in [5.41, 5.74) is 10.8. The molecule has 7 nitrogen and oxygen atoms in total. The molecule has 0 aliphatic heterocycles. The largest absolute Gasteiger partial charge is 0.444 e. The Kier molecular flexibility index (Phi) is 10.2. The van der Waals surface area contributed by atoms with Crippen LogP contribution in [0.5, 0.6) is 0 Å². The highest BCUT2D eigenvalue weighted by molar-refractivity contribution is 5.84. The summed E-state index contributed by atoms with van der Waals surface area (Å²) in [5, 5.41) is 2.66. The summed E-state index contributed by atoms with van der Waals surface area (Å²) in [5.74, 6) is -0.404. The Bertz CT molecular complexity index is 833. The third-order valence-electron chi connectivity index (χ3n) is 4.72. The molecule has 0 aliphatic rings. The Morgan fingerprint density at radius 3 is 2.19 bits per heavy atom. The number of rotatable bonds is 11. The molecule has 4 N–H and O–H groups in total. The van der Waals surface area contributed by atoms with Gasteiger partial charge in [0.1, 0.15) is 11.6 Å². The molecule has 0 unspecified atom stereocenters. The molecule has 0 spiro atoms. The van der Waals surface area contributed by atoms with Crippen molar-refractivity contribution in [1.82, 2.24) is 10.8 Å². The van der Waals surface area contributed by atoms with Crippen LogP contribution in [0.4, 0.5) is 4.79 Å². The topological polar surface area (TPSA) is 103 Å². The number of benzene rings is 2. The Balaban J connectivity index is 1.81. The lowest BCUT2D eigenvalue weighted by Crippen LogP contribution is -2.48. The van der Waals surface area contributed by atoms with E-state index in [9.17, 15) is 9.59 Å². The molecule has 0 saturated carbocycles. The van der Waals surface area contributed by atoms with Gasteiger partial charge in [0.25, 0.3) is 5.91 Å². The zero-order chi connectivity index (χ0) is 23.4. The van der Waals surface area contributed by atoms with Crippen molar-refractivity contribution < 1.29 is 19.2 Å². The number of amides is 2. The van der Waals surface area contributed by atoms with E-state index in [1.807, 2.05) is 54.6 Å². The fourth-order valence-electron chi connectivity index (χ4n) is 3.06. The van der Waals surface area contributed by atoms with Gasteiger partial charge in [-0.3, -0.25) is 9.63 Å². The molecule has 32 heavy (non-hydrogen) atoms. The first-order chi connectivity index (χ1) is 15.3. The van der Waals surface area contributed by atoms with E-state index in [1.54, 1.807) is 20.8 Å². The molecule has 2 aromatic carbocycles. The minimum Gasteiger partial charge on any atom is -0.444 e. The number of nitrogens with two attached hydrogens (primary N) is 1. The van der Waals surface area contributed by atoms with E-state index in [-0.39, 0.29) is 0 Å². The molecule has 0 bridgehead atoms. The van der Waals surface area contributed by atoms with Gasteiger partial charge < -0.3 is 15.8 Å². The van der Waals surface area contributed by atoms with Crippen LogP contribution < -0.4 is 16.5 Å². The van der Waals surface area contributed by atoms with Gasteiger partial charge >= 0.3 is 6.09 Å². The number of aryl methyl sites for hydroxylation is 2. The maximum absolute atomic E-state index is 12.7. The molecule has 2 aromatic rings. The number of alkyl carbamates (subject to hydrolysis) is 1. The van der Waals surface area contributed by atoms with Crippen molar-refractivity contribution in [3.63, 3.8) is 0 Å². The van der Waals surface area contributed by atoms with Gasteiger partial charge in [0.15, 0.2) is 0 Å². The van der Waals surface area contributed by atoms with Gasteiger partial charge in [-0.1, -0.05) is 54.6 Å². The Morgan fingerprint density at radius 2 is 1.56 bits per heavy atom. The number of carbonyl (C=O) groups is 2. The van der Waals surface area contributed by atoms with Crippen molar-refractivity contribution in [3.8, 4) is 0 Å². The fourth-order valence-corrected chi connectivity index (χ4v) is 3.06. The van der Waals surface area contributed by atoms with Crippen molar-refractivity contribution in [1.29, 1.82) is 0 Å². The van der Waals surface area contributed by atoms with Gasteiger partial charge in [0.05, 0.1) is 6.61 Å². The van der Waals surface area contributed by atoms with Gasteiger partial charge in [-0.2, -0.15) is 0 Å². The Hall–Kier alpha value is -2.90. The highest BCUT2D eigenvalue weighted by Gasteiger charge is 2.24. The summed E-state index contributed by atoms with van der Waals surface area (Å²) in [7, 11) is 0. The molecule has 7 heteroatoms. The lowest BCUT2D eigenvalue weighted by molar-refractivity contribution is -0.136. The summed E-state index contributed by atoms with van der Waals surface area (Å²) in [6, 6.07) is 17.1. The van der Waals surface area contributed by atoms with E-state index in [0.717, 1.165) is 24.0 Å². The average molecular weight is 442 g/mol. The third-order valence-corrected chi connectivity index (χ3v) is 4.72. The van der Waals surface area contributed by atoms with E-state index in [1.165, 1.54) is 5.56 Å². The van der Waals surface area contributed by atoms with Crippen molar-refractivity contribution in [2.45, 2.75) is 64.6 Å². The van der Waals surface area contributed by atoms with Crippen LogP contribution in [0.25, 0.3) is 0 Å². The zero-order valence-corrected chi connectivity index (χ0v) is 19.2. The molecular weight excluding hydrogens is 406 g/mol. The normalized spacial score (nSPS) is 12.1. The molecule has 1 atom stereocenters. The van der Waals surface area contributed by atoms with Gasteiger partial charge in [0.2, 0.25) is 0 Å². The van der Waals surface area contributed by atoms with Crippen LogP contribution in [0.15, 0.2) is 54.6 Å². The first-order valence-electron chi connectivity index (χ1n) is 11.0. The maximum Gasteiger partial charge on any atom is 0.408 e. The van der Waals surface area contributed by atoms with Crippen LogP contribution in [0.3, 0.4) is 0 Å². The second-order valence-electron chi connectivity index (χ2n) is 8.66. The molecule has 0 aromatic heterocycles. The number of carbonyl (C=O) groups excluding carboxylic acids is 2. The Morgan fingerprint density at radius 1 is 0.938 bits per heavy atom. The molecule has 2 amide bonds. The van der Waals surface area contributed by atoms with E-state index in [2.05, 4.69) is 10.8 Å². The van der Waals surface area contributed by atoms with Crippen molar-refractivity contribution in [2.24, 2.45) is 5.73 Å². The lowest BCUT2D eigenvalue weighted by Gasteiger charge is -2.23. The number of hydrogen-bond acceptors (Lipinski definition) is 5. The molecule has 2 rings (SSSR count). The third kappa shape index (κ3) is 9.94. The summed E-state index contributed by atoms with van der Waals surface area (Å²) < 4.78 is 5.30. The minimum atomic E-state index is -0.770. The maximum atomic E-state index is 12.7. The van der Waals surface area contributed by atoms with Gasteiger partial charge in [0, 0.05) is 6.54 Å². The Labute approximate surface area is 190 Å². The van der Waals surface area contributed by atoms with Crippen molar-refractivity contribution in [3.05, 3.63) is 71.3 Å². The van der Waals surface area contributed by atoms with Crippen molar-refractivity contribution in [2.75, 3.05) is 6.61 Å². The first-order valence-corrected chi connectivity index (χ1v) is 11.0. The van der Waals surface area contributed by atoms with E-state index in [0.29, 0.717) is 26.0 Å². The van der Waals surface area contributed by atoms with E-state index < -0.39 is 23.6 Å². The van der Waals surface area contributed by atoms with Gasteiger partial charge in [-0.15, -0.1) is 0 Å². The number of nitrogens with one attached hydrogen (secondary N) is 2. The summed E-state index contributed by atoms with van der Waals surface area (Å²) >= 11 is 0. The van der Waals surface area contributed by atoms with Crippen LogP contribution in [0.1, 0.15) is 50.3 Å². The van der Waals surface area contributed by atoms with E-state index in [4.69, 9.17) is 15.3 Å². The fraction of sp³-hybridized carbons (Fsp3) is 0.440. The smallest absolute Gasteiger partial charge is 0.408 e. The SMILES string of the molecule is CC(C)(C)OC(=O)N[C@H](CCc1ccccc1)C(=O)NOCCCc1ccc(CN)cc1. The van der Waals surface area contributed by atoms with Crippen LogP contribution in [-0.2, 0) is 33.8 Å². The summed E-state index contributed by atoms with van der Waals surface area (Å²) in [4.78, 5) is 30.2. The quantitative estimate of drug-likeness (QED) is 0.365. The number of ether oxygens (including phenoxy) is 1. The van der Waals surface area contributed by atoms with Gasteiger partial charge in [-0.25, -0.2) is 10.3 Å². The standard InChI is InChI=1S/C25H35N3O4/c1-25(2,3)32-24(30)27-22(16-15-19-8-5-4-6-9-19)23(29)28-31-17-7-10-20-11-13-21(18-26)14-12-20/h4-6,8-9,11-14,22H,7,10,15-18,26H2,1-3H3,(H,27,30)(H,28,29)/t22-/m1/s1. The zero-order valence-electron chi connectivity index (χ0n) is 19.2. The lowest BCUT2D eigenvalue weighted by atomic mass is 10.1. The highest BCUT2D eigenvalue weighted by atomic mass is 16.7. The second kappa shape index (κ2) is 12.8. The summed E-state index contributed by atoms with van der Waals surface area (Å²) in [6.45, 7) is 6.22. The predicted molar refractivity (Wildman–Crippen MR) is 125 cm³/mol. The molecule has 0 aliphatic carbocycles. The van der Waals surface area contributed by atoms with Crippen LogP contribution in [-0.4, -0.2) is 30.3 Å². The van der Waals surface area contributed by atoms with Gasteiger partial charge in [-0.05, 0) is 63.1 Å². The molecule has 0 fully saturated rings. The van der Waals surface area contributed by atoms with Crippen LogP contribution >= 0.6 is 0 Å². The minimum absolute atomic E-state index is 0.363. The van der Waals surface area contributed by atoms with Crippen LogP contribution in [0.2, 0.25) is 0 Å². The highest BCUT2D eigenvalue weighted by Crippen LogP contribution is 2.10. The van der Waals surface area contributed by atoms with E-state index >= 15 is 0 Å². The predicted octanol–water partition coefficient (Wildman–Crippen LogP) is 3.65. The first kappa shape index (κ1) is 25.4.